The van der Waals surface area contributed by atoms with Crippen molar-refractivity contribution in [3.8, 4) is 0 Å². The number of aryl methyl sites for hydroxylation is 1. The first-order valence-corrected chi connectivity index (χ1v) is 14.3. The van der Waals surface area contributed by atoms with E-state index in [4.69, 9.17) is 0 Å². The van der Waals surface area contributed by atoms with Crippen molar-refractivity contribution in [3.63, 3.8) is 0 Å². The number of thiazole rings is 1. The van der Waals surface area contributed by atoms with Crippen LogP contribution in [0.15, 0.2) is 58.9 Å². The van der Waals surface area contributed by atoms with Gasteiger partial charge in [0, 0.05) is 55.7 Å². The van der Waals surface area contributed by atoms with Crippen LogP contribution in [-0.2, 0) is 21.2 Å². The van der Waals surface area contributed by atoms with Gasteiger partial charge < -0.3 is 14.7 Å². The van der Waals surface area contributed by atoms with Crippen molar-refractivity contribution in [1.29, 1.82) is 0 Å². The normalized spacial score (nSPS) is 17.0. The molecule has 1 atom stereocenters. The zero-order chi connectivity index (χ0) is 25.3. The Hall–Kier alpha value is -3.18. The Labute approximate surface area is 214 Å². The number of rotatable bonds is 6. The van der Waals surface area contributed by atoms with E-state index in [9.17, 15) is 17.6 Å². The van der Waals surface area contributed by atoms with Crippen molar-refractivity contribution in [1.82, 2.24) is 9.88 Å². The van der Waals surface area contributed by atoms with Crippen molar-refractivity contribution < 1.29 is 17.6 Å². The zero-order valence-corrected chi connectivity index (χ0v) is 21.6. The minimum atomic E-state index is -3.69. The highest BCUT2D eigenvalue weighted by atomic mass is 32.2. The lowest BCUT2D eigenvalue weighted by Gasteiger charge is -2.41. The molecule has 8 nitrogen and oxygen atoms in total. The average molecular weight is 530 g/mol. The van der Waals surface area contributed by atoms with Gasteiger partial charge >= 0.3 is 0 Å². The molecule has 3 aromatic rings. The van der Waals surface area contributed by atoms with Gasteiger partial charge in [-0.05, 0) is 67.8 Å². The predicted octanol–water partition coefficient (Wildman–Crippen LogP) is 3.57. The summed E-state index contributed by atoms with van der Waals surface area (Å²) in [6.45, 7) is 5.18. The van der Waals surface area contributed by atoms with Crippen LogP contribution in [-0.4, -0.2) is 63.0 Å². The van der Waals surface area contributed by atoms with Gasteiger partial charge in [0.15, 0.2) is 5.13 Å². The summed E-state index contributed by atoms with van der Waals surface area (Å²) >= 11 is 1.22. The molecule has 0 unspecified atom stereocenters. The Morgan fingerprint density at radius 1 is 1.08 bits per heavy atom. The van der Waals surface area contributed by atoms with E-state index in [1.807, 2.05) is 11.8 Å². The average Bonchev–Trinajstić information content (AvgIpc) is 3.40. The van der Waals surface area contributed by atoms with Crippen molar-refractivity contribution in [2.45, 2.75) is 30.7 Å². The maximum Gasteiger partial charge on any atom is 0.263 e. The number of sulfonamides is 1. The molecule has 1 aromatic heterocycles. The fourth-order valence-electron chi connectivity index (χ4n) is 4.86. The molecule has 2 aliphatic heterocycles. The van der Waals surface area contributed by atoms with E-state index >= 15 is 0 Å². The molecule has 0 saturated carbocycles. The van der Waals surface area contributed by atoms with Crippen LogP contribution in [0, 0.1) is 5.82 Å². The third kappa shape index (κ3) is 5.03. The van der Waals surface area contributed by atoms with Gasteiger partial charge in [-0.2, -0.15) is 0 Å². The molecule has 0 spiro atoms. The van der Waals surface area contributed by atoms with E-state index in [0.29, 0.717) is 31.3 Å². The molecule has 0 aliphatic carbocycles. The minimum Gasteiger partial charge on any atom is -0.368 e. The molecule has 1 amide bonds. The van der Waals surface area contributed by atoms with E-state index in [1.54, 1.807) is 48.0 Å². The third-order valence-corrected chi connectivity index (χ3v) is 8.95. The van der Waals surface area contributed by atoms with E-state index in [2.05, 4.69) is 19.5 Å². The summed E-state index contributed by atoms with van der Waals surface area (Å²) in [5.41, 5.74) is 2.81. The van der Waals surface area contributed by atoms with Gasteiger partial charge in [0.05, 0.1) is 4.90 Å². The maximum atomic E-state index is 13.7. The fourth-order valence-corrected chi connectivity index (χ4v) is 6.65. The molecule has 1 fully saturated rings. The number of benzene rings is 2. The molecule has 190 valence electrons. The van der Waals surface area contributed by atoms with Gasteiger partial charge in [-0.1, -0.05) is 0 Å². The van der Waals surface area contributed by atoms with Gasteiger partial charge in [-0.3, -0.25) is 9.52 Å². The van der Waals surface area contributed by atoms with Crippen LogP contribution >= 0.6 is 11.3 Å². The van der Waals surface area contributed by atoms with Gasteiger partial charge in [0.2, 0.25) is 5.91 Å². The Morgan fingerprint density at radius 2 is 1.83 bits per heavy atom. The summed E-state index contributed by atoms with van der Waals surface area (Å²) in [4.78, 5) is 23.6. The lowest BCUT2D eigenvalue weighted by atomic mass is 9.99. The molecule has 36 heavy (non-hydrogen) atoms. The quantitative estimate of drug-likeness (QED) is 0.526. The summed E-state index contributed by atoms with van der Waals surface area (Å²) in [7, 11) is -3.69. The Kier molecular flexibility index (Phi) is 6.85. The number of nitrogens with one attached hydrogen (secondary N) is 1. The van der Waals surface area contributed by atoms with E-state index in [0.717, 1.165) is 36.3 Å². The first kappa shape index (κ1) is 24.5. The monoisotopic (exact) mass is 529 g/mol. The highest BCUT2D eigenvalue weighted by molar-refractivity contribution is 7.93. The Balaban J connectivity index is 1.20. The molecule has 2 aliphatic rings. The molecule has 11 heteroatoms. The van der Waals surface area contributed by atoms with Gasteiger partial charge in [-0.25, -0.2) is 17.8 Å². The van der Waals surface area contributed by atoms with Crippen LogP contribution in [0.4, 0.5) is 20.9 Å². The second kappa shape index (κ2) is 10.1. The third-order valence-electron chi connectivity index (χ3n) is 6.78. The number of hydrogen-bond acceptors (Lipinski definition) is 7. The molecule has 3 heterocycles. The molecule has 1 N–H and O–H groups in total. The molecule has 2 aromatic carbocycles. The van der Waals surface area contributed by atoms with E-state index in [1.165, 1.54) is 17.4 Å². The summed E-state index contributed by atoms with van der Waals surface area (Å²) in [5, 5.41) is 2.04. The topological polar surface area (TPSA) is 85.8 Å². The number of aromatic nitrogens is 1. The van der Waals surface area contributed by atoms with Gasteiger partial charge in [0.1, 0.15) is 11.9 Å². The molecule has 0 radical (unpaired) electrons. The Morgan fingerprint density at radius 3 is 2.53 bits per heavy atom. The lowest BCUT2D eigenvalue weighted by Crippen LogP contribution is -2.55. The number of carbonyl (C=O) groups excluding carboxylic acids is 1. The largest absolute Gasteiger partial charge is 0.368 e. The summed E-state index contributed by atoms with van der Waals surface area (Å²) in [5.74, 6) is -0.173. The van der Waals surface area contributed by atoms with E-state index < -0.39 is 10.0 Å². The smallest absolute Gasteiger partial charge is 0.263 e. The number of hydrogen-bond donors (Lipinski definition) is 1. The predicted molar refractivity (Wildman–Crippen MR) is 140 cm³/mol. The van der Waals surface area contributed by atoms with Gasteiger partial charge in [-0.15, -0.1) is 11.3 Å². The van der Waals surface area contributed by atoms with Crippen molar-refractivity contribution in [2.75, 3.05) is 47.2 Å². The minimum absolute atomic E-state index is 0.0709. The van der Waals surface area contributed by atoms with Crippen LogP contribution in [0.1, 0.15) is 18.9 Å². The summed E-state index contributed by atoms with van der Waals surface area (Å²) < 4.78 is 41.3. The first-order valence-electron chi connectivity index (χ1n) is 11.9. The first-order chi connectivity index (χ1) is 17.3. The Bertz CT molecular complexity index is 1320. The standard InChI is InChI=1S/C25H28FN5O3S2/c1-18(31-11-2-3-19-17-20(26)4-9-23(19)31)24(32)30-14-12-29(13-15-30)21-5-7-22(8-6-21)36(33,34)28-25-27-10-16-35-25/h4-10,16-18H,2-3,11-15H2,1H3,(H,27,28)/t18-/m1/s1. The SMILES string of the molecule is C[C@H](C(=O)N1CCN(c2ccc(S(=O)(=O)Nc3nccs3)cc2)CC1)N1CCCc2cc(F)ccc21. The summed E-state index contributed by atoms with van der Waals surface area (Å²) in [6, 6.07) is 11.2. The highest BCUT2D eigenvalue weighted by Crippen LogP contribution is 2.30. The second-order valence-corrected chi connectivity index (χ2v) is 11.6. The fraction of sp³-hybridized carbons (Fsp3) is 0.360. The van der Waals surface area contributed by atoms with Crippen molar-refractivity contribution >= 4 is 43.8 Å². The number of nitrogens with zero attached hydrogens (tertiary/aromatic N) is 4. The summed E-state index contributed by atoms with van der Waals surface area (Å²) in [6.07, 6.45) is 3.26. The zero-order valence-electron chi connectivity index (χ0n) is 19.9. The molecular formula is C25H28FN5O3S2. The molecule has 0 bridgehead atoms. The van der Waals surface area contributed by atoms with Crippen LogP contribution in [0.3, 0.4) is 0 Å². The van der Waals surface area contributed by atoms with Crippen LogP contribution in [0.5, 0.6) is 0 Å². The van der Waals surface area contributed by atoms with Crippen molar-refractivity contribution in [3.05, 3.63) is 65.4 Å². The lowest BCUT2D eigenvalue weighted by molar-refractivity contribution is -0.132. The van der Waals surface area contributed by atoms with Crippen molar-refractivity contribution in [2.24, 2.45) is 0 Å². The highest BCUT2D eigenvalue weighted by Gasteiger charge is 2.31. The molecule has 5 rings (SSSR count). The number of halogens is 1. The number of amides is 1. The second-order valence-electron chi connectivity index (χ2n) is 8.99. The van der Waals surface area contributed by atoms with Crippen LogP contribution < -0.4 is 14.5 Å². The number of carbonyl (C=O) groups is 1. The molecular weight excluding hydrogens is 501 g/mol. The maximum absolute atomic E-state index is 13.7. The van der Waals surface area contributed by atoms with Crippen LogP contribution in [0.2, 0.25) is 0 Å². The van der Waals surface area contributed by atoms with Gasteiger partial charge in [0.25, 0.3) is 10.0 Å². The number of fused-ring (bicyclic) bond motifs is 1. The van der Waals surface area contributed by atoms with E-state index in [-0.39, 0.29) is 22.7 Å². The molecule has 1 saturated heterocycles. The number of piperazine rings is 1. The van der Waals surface area contributed by atoms with Crippen LogP contribution in [0.25, 0.3) is 0 Å². The number of anilines is 3.